The molecule has 1 atom stereocenters. The molecule has 0 aliphatic carbocycles. The minimum atomic E-state index is -1.24. The Balaban J connectivity index is 3.78. The fourth-order valence-electron chi connectivity index (χ4n) is 1.06. The minimum Gasteiger partial charge on any atom is -0.480 e. The highest BCUT2D eigenvalue weighted by atomic mass is 16.7. The van der Waals surface area contributed by atoms with E-state index in [0.717, 1.165) is 0 Å². The number of carbonyl (C=O) groups excluding carboxylic acids is 3. The summed E-state index contributed by atoms with van der Waals surface area (Å²) >= 11 is 0. The number of carbonyl (C=O) groups is 4. The zero-order valence-electron chi connectivity index (χ0n) is 10.2. The number of nitrogens with two attached hydrogens (primary N) is 2. The van der Waals surface area contributed by atoms with Crippen molar-refractivity contribution in [2.24, 2.45) is 11.6 Å². The third-order valence-electron chi connectivity index (χ3n) is 2.10. The van der Waals surface area contributed by atoms with Gasteiger partial charge in [0.2, 0.25) is 0 Å². The second-order valence-electron chi connectivity index (χ2n) is 3.67. The largest absolute Gasteiger partial charge is 0.480 e. The third-order valence-corrected chi connectivity index (χ3v) is 2.10. The van der Waals surface area contributed by atoms with Crippen LogP contribution >= 0.6 is 0 Å². The molecular weight excluding hydrogens is 260 g/mol. The van der Waals surface area contributed by atoms with Gasteiger partial charge in [-0.25, -0.2) is 0 Å². The van der Waals surface area contributed by atoms with Gasteiger partial charge in [-0.3, -0.25) is 19.2 Å². The van der Waals surface area contributed by atoms with Gasteiger partial charge >= 0.3 is 23.9 Å². The van der Waals surface area contributed by atoms with Crippen LogP contribution in [0.2, 0.25) is 0 Å². The Labute approximate surface area is 108 Å². The molecule has 0 saturated heterocycles. The molecule has 0 heterocycles. The summed E-state index contributed by atoms with van der Waals surface area (Å²) in [6.45, 7) is 0. The average molecular weight is 276 g/mol. The number of aliphatic carboxylic acids is 1. The van der Waals surface area contributed by atoms with Gasteiger partial charge in [-0.1, -0.05) is 0 Å². The first-order valence-corrected chi connectivity index (χ1v) is 5.48. The Hall–Kier alpha value is -2.00. The van der Waals surface area contributed by atoms with E-state index in [9.17, 15) is 19.2 Å². The van der Waals surface area contributed by atoms with Gasteiger partial charge in [-0.15, -0.1) is 0 Å². The van der Waals surface area contributed by atoms with Crippen molar-refractivity contribution >= 4 is 23.9 Å². The third kappa shape index (κ3) is 8.69. The van der Waals surface area contributed by atoms with Gasteiger partial charge < -0.3 is 20.4 Å². The molecule has 0 aliphatic rings. The quantitative estimate of drug-likeness (QED) is 0.282. The molecule has 19 heavy (non-hydrogen) atoms. The second-order valence-corrected chi connectivity index (χ2v) is 3.67. The van der Waals surface area contributed by atoms with E-state index in [4.69, 9.17) is 10.8 Å². The molecule has 0 aromatic heterocycles. The first-order valence-electron chi connectivity index (χ1n) is 5.48. The summed E-state index contributed by atoms with van der Waals surface area (Å²) in [5.41, 5.74) is 5.17. The number of hydrogen-bond donors (Lipinski definition) is 3. The van der Waals surface area contributed by atoms with E-state index in [1.807, 2.05) is 0 Å². The maximum Gasteiger partial charge on any atom is 0.324 e. The van der Waals surface area contributed by atoms with Crippen molar-refractivity contribution in [1.29, 1.82) is 0 Å². The molecule has 0 spiro atoms. The van der Waals surface area contributed by atoms with E-state index in [2.05, 4.69) is 15.5 Å². The van der Waals surface area contributed by atoms with E-state index < -0.39 is 29.9 Å². The van der Waals surface area contributed by atoms with Crippen molar-refractivity contribution < 1.29 is 33.9 Å². The topological polar surface area (TPSA) is 159 Å². The molecule has 0 radical (unpaired) electrons. The van der Waals surface area contributed by atoms with E-state index in [-0.39, 0.29) is 32.1 Å². The lowest BCUT2D eigenvalue weighted by Crippen LogP contribution is -2.31. The van der Waals surface area contributed by atoms with Crippen LogP contribution in [0.1, 0.15) is 32.1 Å². The summed E-state index contributed by atoms with van der Waals surface area (Å²) in [5.74, 6) is 1.01. The number of carboxylic acids is 1. The smallest absolute Gasteiger partial charge is 0.324 e. The Morgan fingerprint density at radius 2 is 1.53 bits per heavy atom. The summed E-state index contributed by atoms with van der Waals surface area (Å²) in [7, 11) is 0. The number of ether oxygens (including phenoxy) is 1. The molecule has 108 valence electrons. The maximum atomic E-state index is 11.1. The second kappa shape index (κ2) is 9.00. The molecule has 0 amide bonds. The van der Waals surface area contributed by atoms with Crippen LogP contribution in [0.5, 0.6) is 0 Å². The van der Waals surface area contributed by atoms with Crippen LogP contribution in [0.3, 0.4) is 0 Å². The summed E-state index contributed by atoms with van der Waals surface area (Å²) in [5, 5.41) is 8.47. The molecule has 0 bridgehead atoms. The van der Waals surface area contributed by atoms with Gasteiger partial charge in [-0.2, -0.15) is 5.90 Å². The van der Waals surface area contributed by atoms with Crippen molar-refractivity contribution in [2.75, 3.05) is 0 Å². The highest BCUT2D eigenvalue weighted by Gasteiger charge is 2.16. The number of esters is 2. The van der Waals surface area contributed by atoms with Crippen LogP contribution in [0.4, 0.5) is 0 Å². The zero-order valence-corrected chi connectivity index (χ0v) is 10.2. The molecule has 0 rings (SSSR count). The molecular formula is C10H16N2O7. The molecule has 0 fully saturated rings. The fraction of sp³-hybridized carbons (Fsp3) is 0.600. The molecule has 9 heteroatoms. The predicted molar refractivity (Wildman–Crippen MR) is 60.1 cm³/mol. The van der Waals surface area contributed by atoms with Gasteiger partial charge in [0.25, 0.3) is 0 Å². The standard InChI is InChI=1S/C10H16N2O7/c11-6(10(16)17)4-5-8(14)18-7(13)2-1-3-9(15)19-12/h6H,1-5,11-12H2,(H,16,17)/t6-/m0/s1. The van der Waals surface area contributed by atoms with Crippen molar-refractivity contribution in [2.45, 2.75) is 38.1 Å². The normalized spacial score (nSPS) is 11.5. The van der Waals surface area contributed by atoms with Crippen LogP contribution in [0.25, 0.3) is 0 Å². The number of hydrogen-bond acceptors (Lipinski definition) is 8. The highest BCUT2D eigenvalue weighted by molar-refractivity contribution is 5.86. The molecule has 0 unspecified atom stereocenters. The summed E-state index contributed by atoms with van der Waals surface area (Å²) in [4.78, 5) is 47.1. The lowest BCUT2D eigenvalue weighted by Gasteiger charge is -2.05. The van der Waals surface area contributed by atoms with Crippen LogP contribution in [0.15, 0.2) is 0 Å². The zero-order chi connectivity index (χ0) is 14.8. The Morgan fingerprint density at radius 3 is 2.05 bits per heavy atom. The Kier molecular flexibility index (Phi) is 8.05. The van der Waals surface area contributed by atoms with Crippen molar-refractivity contribution in [3.8, 4) is 0 Å². The highest BCUT2D eigenvalue weighted by Crippen LogP contribution is 2.02. The molecule has 0 aromatic carbocycles. The molecule has 5 N–H and O–H groups in total. The van der Waals surface area contributed by atoms with Crippen LogP contribution in [0, 0.1) is 0 Å². The molecule has 9 nitrogen and oxygen atoms in total. The van der Waals surface area contributed by atoms with Crippen molar-refractivity contribution in [3.63, 3.8) is 0 Å². The van der Waals surface area contributed by atoms with E-state index in [1.54, 1.807) is 0 Å². The fourth-order valence-corrected chi connectivity index (χ4v) is 1.06. The number of rotatable bonds is 8. The molecule has 0 saturated carbocycles. The number of carboxylic acid groups (broad SMARTS) is 1. The summed E-state index contributed by atoms with van der Waals surface area (Å²) in [6.07, 6.45) is -0.475. The van der Waals surface area contributed by atoms with Crippen LogP contribution in [-0.4, -0.2) is 35.0 Å². The average Bonchev–Trinajstić information content (AvgIpc) is 2.35. The predicted octanol–water partition coefficient (Wildman–Crippen LogP) is -1.16. The minimum absolute atomic E-state index is 0.0658. The first kappa shape index (κ1) is 17.0. The van der Waals surface area contributed by atoms with Crippen molar-refractivity contribution in [3.05, 3.63) is 0 Å². The van der Waals surface area contributed by atoms with Gasteiger partial charge in [0.05, 0.1) is 0 Å². The van der Waals surface area contributed by atoms with Gasteiger partial charge in [0.15, 0.2) is 0 Å². The van der Waals surface area contributed by atoms with Crippen LogP contribution in [-0.2, 0) is 28.8 Å². The van der Waals surface area contributed by atoms with Gasteiger partial charge in [-0.05, 0) is 12.8 Å². The lowest BCUT2D eigenvalue weighted by molar-refractivity contribution is -0.159. The Morgan fingerprint density at radius 1 is 1.00 bits per heavy atom. The van der Waals surface area contributed by atoms with Crippen LogP contribution < -0.4 is 11.6 Å². The summed E-state index contributed by atoms with van der Waals surface area (Å²) in [6, 6.07) is -1.18. The van der Waals surface area contributed by atoms with E-state index in [1.165, 1.54) is 0 Å². The molecule has 0 aliphatic heterocycles. The first-order chi connectivity index (χ1) is 8.86. The van der Waals surface area contributed by atoms with Gasteiger partial charge in [0, 0.05) is 19.3 Å². The monoisotopic (exact) mass is 276 g/mol. The van der Waals surface area contributed by atoms with E-state index >= 15 is 0 Å². The van der Waals surface area contributed by atoms with Crippen molar-refractivity contribution in [1.82, 2.24) is 0 Å². The Bertz CT molecular complexity index is 356. The lowest BCUT2D eigenvalue weighted by atomic mass is 10.2. The summed E-state index contributed by atoms with van der Waals surface area (Å²) < 4.78 is 4.39. The maximum absolute atomic E-state index is 11.1. The molecule has 0 aromatic rings. The SMILES string of the molecule is NOC(=O)CCCC(=O)OC(=O)CC[C@H](N)C(=O)O. The van der Waals surface area contributed by atoms with Gasteiger partial charge in [0.1, 0.15) is 6.04 Å². The van der Waals surface area contributed by atoms with E-state index in [0.29, 0.717) is 0 Å².